The molecule has 7 heteroatoms. The Morgan fingerprint density at radius 3 is 2.85 bits per heavy atom. The maximum absolute atomic E-state index is 13.2. The van der Waals surface area contributed by atoms with Gasteiger partial charge in [-0.3, -0.25) is 19.6 Å². The molecule has 134 valence electrons. The molecule has 4 heterocycles. The third-order valence-electron chi connectivity index (χ3n) is 5.62. The summed E-state index contributed by atoms with van der Waals surface area (Å²) in [7, 11) is 0. The van der Waals surface area contributed by atoms with Gasteiger partial charge in [0.2, 0.25) is 5.91 Å². The van der Waals surface area contributed by atoms with Gasteiger partial charge in [-0.15, -0.1) is 0 Å². The van der Waals surface area contributed by atoms with Crippen molar-refractivity contribution < 1.29 is 9.59 Å². The van der Waals surface area contributed by atoms with Crippen molar-refractivity contribution in [1.29, 1.82) is 0 Å². The number of carbonyl (C=O) groups is 2. The number of aromatic nitrogens is 3. The standard InChI is InChI=1S/C19H21N5O2/c1-14-11-24(17(25)16-10-21-6-7-22-16)13-19(14)4-8-23(18(19)26)12-15-3-2-5-20-9-15/h2-3,5-7,9-10,14H,4,8,11-13H2,1H3/t14-,19-/m1/s1. The average molecular weight is 351 g/mol. The molecule has 0 N–H and O–H groups in total. The lowest BCUT2D eigenvalue weighted by molar-refractivity contribution is -0.137. The van der Waals surface area contributed by atoms with Crippen LogP contribution in [-0.2, 0) is 11.3 Å². The quantitative estimate of drug-likeness (QED) is 0.835. The highest BCUT2D eigenvalue weighted by atomic mass is 16.2. The first-order chi connectivity index (χ1) is 12.6. The van der Waals surface area contributed by atoms with E-state index < -0.39 is 5.41 Å². The monoisotopic (exact) mass is 351 g/mol. The topological polar surface area (TPSA) is 79.3 Å². The van der Waals surface area contributed by atoms with E-state index >= 15 is 0 Å². The van der Waals surface area contributed by atoms with Gasteiger partial charge in [-0.05, 0) is 24.0 Å². The molecule has 2 aliphatic heterocycles. The third-order valence-corrected chi connectivity index (χ3v) is 5.62. The molecule has 0 aromatic carbocycles. The van der Waals surface area contributed by atoms with Gasteiger partial charge in [-0.1, -0.05) is 13.0 Å². The van der Waals surface area contributed by atoms with Crippen LogP contribution < -0.4 is 0 Å². The number of amides is 2. The Hall–Kier alpha value is -2.83. The van der Waals surface area contributed by atoms with Gasteiger partial charge < -0.3 is 9.80 Å². The highest BCUT2D eigenvalue weighted by Crippen LogP contribution is 2.45. The van der Waals surface area contributed by atoms with E-state index in [1.807, 2.05) is 17.0 Å². The van der Waals surface area contributed by atoms with Gasteiger partial charge >= 0.3 is 0 Å². The van der Waals surface area contributed by atoms with E-state index in [2.05, 4.69) is 21.9 Å². The lowest BCUT2D eigenvalue weighted by atomic mass is 9.78. The molecule has 26 heavy (non-hydrogen) atoms. The fraction of sp³-hybridized carbons (Fsp3) is 0.421. The van der Waals surface area contributed by atoms with Crippen LogP contribution in [0.1, 0.15) is 29.4 Å². The molecule has 2 amide bonds. The fourth-order valence-electron chi connectivity index (χ4n) is 4.12. The predicted octanol–water partition coefficient (Wildman–Crippen LogP) is 1.38. The zero-order valence-corrected chi connectivity index (χ0v) is 14.7. The van der Waals surface area contributed by atoms with Crippen molar-refractivity contribution in [1.82, 2.24) is 24.8 Å². The van der Waals surface area contributed by atoms with E-state index in [-0.39, 0.29) is 17.7 Å². The maximum atomic E-state index is 13.2. The van der Waals surface area contributed by atoms with E-state index in [0.29, 0.717) is 31.9 Å². The molecule has 2 aromatic rings. The van der Waals surface area contributed by atoms with Gasteiger partial charge in [0.25, 0.3) is 5.91 Å². The van der Waals surface area contributed by atoms with Crippen LogP contribution in [-0.4, -0.2) is 56.2 Å². The summed E-state index contributed by atoms with van der Waals surface area (Å²) >= 11 is 0. The first-order valence-corrected chi connectivity index (χ1v) is 8.84. The Labute approximate surface area is 152 Å². The Kier molecular flexibility index (Phi) is 4.14. The van der Waals surface area contributed by atoms with Gasteiger partial charge in [0.05, 0.1) is 11.6 Å². The molecule has 0 unspecified atom stereocenters. The zero-order chi connectivity index (χ0) is 18.1. The van der Waals surface area contributed by atoms with Gasteiger partial charge in [0, 0.05) is 51.0 Å². The Bertz CT molecular complexity index is 813. The SMILES string of the molecule is C[C@@H]1CN(C(=O)c2cnccn2)C[C@]12CCN(Cc1cccnc1)C2=O. The molecule has 1 spiro atoms. The number of likely N-dealkylation sites (tertiary alicyclic amines) is 2. The van der Waals surface area contributed by atoms with Crippen LogP contribution in [0, 0.1) is 11.3 Å². The minimum atomic E-state index is -0.486. The first-order valence-electron chi connectivity index (χ1n) is 8.84. The van der Waals surface area contributed by atoms with Crippen molar-refractivity contribution >= 4 is 11.8 Å². The molecule has 0 saturated carbocycles. The Balaban J connectivity index is 1.50. The molecular formula is C19H21N5O2. The maximum Gasteiger partial charge on any atom is 0.274 e. The van der Waals surface area contributed by atoms with Crippen LogP contribution in [0.2, 0.25) is 0 Å². The molecule has 2 aliphatic rings. The van der Waals surface area contributed by atoms with Crippen molar-refractivity contribution in [2.75, 3.05) is 19.6 Å². The molecule has 2 aromatic heterocycles. The summed E-state index contributed by atoms with van der Waals surface area (Å²) in [6, 6.07) is 3.86. The summed E-state index contributed by atoms with van der Waals surface area (Å²) < 4.78 is 0. The van der Waals surface area contributed by atoms with Crippen molar-refractivity contribution in [3.63, 3.8) is 0 Å². The second kappa shape index (κ2) is 6.48. The summed E-state index contributed by atoms with van der Waals surface area (Å²) in [6.07, 6.45) is 8.83. The van der Waals surface area contributed by atoms with Gasteiger partial charge in [-0.2, -0.15) is 0 Å². The normalized spacial score (nSPS) is 25.3. The summed E-state index contributed by atoms with van der Waals surface area (Å²) in [5, 5.41) is 0. The molecule has 0 radical (unpaired) electrons. The van der Waals surface area contributed by atoms with E-state index in [4.69, 9.17) is 0 Å². The first kappa shape index (κ1) is 16.6. The number of pyridine rings is 1. The number of hydrogen-bond acceptors (Lipinski definition) is 5. The molecule has 0 bridgehead atoms. The molecule has 2 fully saturated rings. The molecule has 4 rings (SSSR count). The van der Waals surface area contributed by atoms with Crippen molar-refractivity contribution in [3.8, 4) is 0 Å². The van der Waals surface area contributed by atoms with Crippen LogP contribution in [0.15, 0.2) is 43.1 Å². The lowest BCUT2D eigenvalue weighted by Crippen LogP contribution is -2.40. The average Bonchev–Trinajstić information content (AvgIpc) is 3.18. The summed E-state index contributed by atoms with van der Waals surface area (Å²) in [5.74, 6) is 0.109. The predicted molar refractivity (Wildman–Crippen MR) is 93.8 cm³/mol. The van der Waals surface area contributed by atoms with E-state index in [0.717, 1.165) is 12.0 Å². The van der Waals surface area contributed by atoms with Crippen LogP contribution in [0.3, 0.4) is 0 Å². The second-order valence-electron chi connectivity index (χ2n) is 7.17. The van der Waals surface area contributed by atoms with Gasteiger partial charge in [0.1, 0.15) is 5.69 Å². The number of rotatable bonds is 3. The Morgan fingerprint density at radius 2 is 2.12 bits per heavy atom. The lowest BCUT2D eigenvalue weighted by Gasteiger charge is -2.26. The van der Waals surface area contributed by atoms with E-state index in [1.165, 1.54) is 12.4 Å². The van der Waals surface area contributed by atoms with Crippen molar-refractivity contribution in [2.24, 2.45) is 11.3 Å². The van der Waals surface area contributed by atoms with Crippen molar-refractivity contribution in [3.05, 3.63) is 54.4 Å². The highest BCUT2D eigenvalue weighted by Gasteiger charge is 2.55. The minimum absolute atomic E-state index is 0.120. The molecule has 7 nitrogen and oxygen atoms in total. The largest absolute Gasteiger partial charge is 0.338 e. The van der Waals surface area contributed by atoms with Crippen LogP contribution in [0.25, 0.3) is 0 Å². The second-order valence-corrected chi connectivity index (χ2v) is 7.17. The van der Waals surface area contributed by atoms with E-state index in [1.54, 1.807) is 23.5 Å². The van der Waals surface area contributed by atoms with Gasteiger partial charge in [-0.25, -0.2) is 4.98 Å². The van der Waals surface area contributed by atoms with Crippen molar-refractivity contribution in [2.45, 2.75) is 19.9 Å². The molecule has 2 saturated heterocycles. The van der Waals surface area contributed by atoms with Crippen LogP contribution in [0.5, 0.6) is 0 Å². The molecule has 2 atom stereocenters. The summed E-state index contributed by atoms with van der Waals surface area (Å²) in [5.41, 5.74) is 0.866. The van der Waals surface area contributed by atoms with Crippen LogP contribution >= 0.6 is 0 Å². The Morgan fingerprint density at radius 1 is 1.27 bits per heavy atom. The van der Waals surface area contributed by atoms with Crippen LogP contribution in [0.4, 0.5) is 0 Å². The number of hydrogen-bond donors (Lipinski definition) is 0. The minimum Gasteiger partial charge on any atom is -0.338 e. The summed E-state index contributed by atoms with van der Waals surface area (Å²) in [4.78, 5) is 41.7. The third kappa shape index (κ3) is 2.73. The highest BCUT2D eigenvalue weighted by molar-refractivity contribution is 5.94. The molecule has 0 aliphatic carbocycles. The van der Waals surface area contributed by atoms with Gasteiger partial charge in [0.15, 0.2) is 0 Å². The summed E-state index contributed by atoms with van der Waals surface area (Å²) in [6.45, 7) is 4.37. The number of nitrogens with zero attached hydrogens (tertiary/aromatic N) is 5. The molecular weight excluding hydrogens is 330 g/mol. The van der Waals surface area contributed by atoms with E-state index in [9.17, 15) is 9.59 Å². The fourth-order valence-corrected chi connectivity index (χ4v) is 4.12. The smallest absolute Gasteiger partial charge is 0.274 e. The number of carbonyl (C=O) groups excluding carboxylic acids is 2. The zero-order valence-electron chi connectivity index (χ0n) is 14.7.